The summed E-state index contributed by atoms with van der Waals surface area (Å²) < 4.78 is 7.20. The molecular weight excluding hydrogens is 468 g/mol. The zero-order chi connectivity index (χ0) is 26.6. The molecule has 0 aliphatic rings. The van der Waals surface area contributed by atoms with Crippen molar-refractivity contribution >= 4 is 28.5 Å². The molecule has 1 atom stereocenters. The lowest BCUT2D eigenvalue weighted by Gasteiger charge is -2.35. The molecule has 0 bridgehead atoms. The number of aryl methyl sites for hydroxylation is 1. The molecule has 9 nitrogen and oxygen atoms in total. The van der Waals surface area contributed by atoms with Crippen LogP contribution in [-0.2, 0) is 16.1 Å². The number of hydrogen-bond acceptors (Lipinski definition) is 6. The van der Waals surface area contributed by atoms with Crippen LogP contribution in [0.5, 0.6) is 5.75 Å². The predicted octanol–water partition coefficient (Wildman–Crippen LogP) is 4.22. The highest BCUT2D eigenvalue weighted by Gasteiger charge is 2.36. The third-order valence-corrected chi connectivity index (χ3v) is 6.44. The van der Waals surface area contributed by atoms with Gasteiger partial charge in [0, 0.05) is 17.9 Å². The fourth-order valence-electron chi connectivity index (χ4n) is 4.10. The summed E-state index contributed by atoms with van der Waals surface area (Å²) in [5, 5.41) is 11.5. The average Bonchev–Trinajstić information content (AvgIpc) is 3.30. The maximum Gasteiger partial charge on any atom is 0.249 e. The van der Waals surface area contributed by atoms with E-state index in [9.17, 15) is 9.59 Å². The molecule has 1 N–H and O–H groups in total. The van der Waals surface area contributed by atoms with Gasteiger partial charge in [-0.1, -0.05) is 30.3 Å². The summed E-state index contributed by atoms with van der Waals surface area (Å²) in [6, 6.07) is 15.5. The number of rotatable bonds is 9. The van der Waals surface area contributed by atoms with Gasteiger partial charge in [-0.05, 0) is 74.7 Å². The Morgan fingerprint density at radius 3 is 2.54 bits per heavy atom. The number of carbonyl (C=O) groups is 2. The largest absolute Gasteiger partial charge is 0.495 e. The summed E-state index contributed by atoms with van der Waals surface area (Å²) >= 11 is 0. The summed E-state index contributed by atoms with van der Waals surface area (Å²) in [6.45, 7) is 7.72. The second kappa shape index (κ2) is 10.8. The van der Waals surface area contributed by atoms with Crippen molar-refractivity contribution < 1.29 is 14.3 Å². The molecule has 2 aromatic carbocycles. The minimum Gasteiger partial charge on any atom is -0.495 e. The first-order chi connectivity index (χ1) is 17.7. The van der Waals surface area contributed by atoms with Crippen molar-refractivity contribution in [1.29, 1.82) is 0 Å². The number of hydrogen-bond donors (Lipinski definition) is 1. The first-order valence-corrected chi connectivity index (χ1v) is 12.2. The van der Waals surface area contributed by atoms with Crippen LogP contribution in [0, 0.1) is 6.92 Å². The third-order valence-electron chi connectivity index (χ3n) is 6.44. The normalized spacial score (nSPS) is 12.2. The number of aromatic nitrogens is 4. The Morgan fingerprint density at radius 1 is 1.11 bits per heavy atom. The zero-order valence-corrected chi connectivity index (χ0v) is 21.8. The van der Waals surface area contributed by atoms with Gasteiger partial charge in [0.1, 0.15) is 23.9 Å². The molecule has 192 valence electrons. The standard InChI is InChI=1S/C28H32N6O3/c1-6-28(3,4)30-27(36)26(20-13-15-29-16-14-20)34(23-17-19(2)11-12-24(23)37-5)25(35)18-33-22-10-8-7-9-21(22)31-32-33/h7-17,26H,6,18H2,1-5H3,(H,30,36)/t26-/m0/s1. The van der Waals surface area contributed by atoms with Gasteiger partial charge in [0.2, 0.25) is 11.8 Å². The molecule has 0 saturated heterocycles. The Labute approximate surface area is 216 Å². The monoisotopic (exact) mass is 500 g/mol. The fourth-order valence-corrected chi connectivity index (χ4v) is 4.10. The van der Waals surface area contributed by atoms with E-state index in [4.69, 9.17) is 4.74 Å². The van der Waals surface area contributed by atoms with E-state index in [1.165, 1.54) is 4.90 Å². The van der Waals surface area contributed by atoms with Crippen molar-refractivity contribution in [2.75, 3.05) is 12.0 Å². The molecule has 37 heavy (non-hydrogen) atoms. The summed E-state index contributed by atoms with van der Waals surface area (Å²) in [5.74, 6) is -0.173. The first kappa shape index (κ1) is 25.8. The van der Waals surface area contributed by atoms with Crippen LogP contribution < -0.4 is 15.0 Å². The number of amides is 2. The van der Waals surface area contributed by atoms with Crippen molar-refractivity contribution in [2.24, 2.45) is 0 Å². The maximum atomic E-state index is 14.2. The Hall–Kier alpha value is -4.27. The molecule has 2 aromatic heterocycles. The number of methoxy groups -OCH3 is 1. The van der Waals surface area contributed by atoms with Gasteiger partial charge in [-0.15, -0.1) is 5.10 Å². The fraction of sp³-hybridized carbons (Fsp3) is 0.321. The van der Waals surface area contributed by atoms with Gasteiger partial charge in [-0.2, -0.15) is 0 Å². The van der Waals surface area contributed by atoms with Gasteiger partial charge < -0.3 is 10.1 Å². The molecule has 9 heteroatoms. The lowest BCUT2D eigenvalue weighted by atomic mass is 9.98. The summed E-state index contributed by atoms with van der Waals surface area (Å²) in [6.07, 6.45) is 3.94. The van der Waals surface area contributed by atoms with Gasteiger partial charge in [-0.25, -0.2) is 4.68 Å². The molecule has 0 aliphatic carbocycles. The maximum absolute atomic E-state index is 14.2. The molecule has 0 spiro atoms. The van der Waals surface area contributed by atoms with Crippen LogP contribution >= 0.6 is 0 Å². The number of benzene rings is 2. The van der Waals surface area contributed by atoms with E-state index in [-0.39, 0.29) is 18.4 Å². The number of nitrogens with zero attached hydrogens (tertiary/aromatic N) is 5. The second-order valence-electron chi connectivity index (χ2n) is 9.58. The van der Waals surface area contributed by atoms with Crippen LogP contribution in [0.2, 0.25) is 0 Å². The van der Waals surface area contributed by atoms with Gasteiger partial charge in [0.15, 0.2) is 0 Å². The first-order valence-electron chi connectivity index (χ1n) is 12.2. The van der Waals surface area contributed by atoms with E-state index in [0.29, 0.717) is 28.9 Å². The number of para-hydroxylation sites is 1. The van der Waals surface area contributed by atoms with Crippen molar-refractivity contribution in [1.82, 2.24) is 25.3 Å². The number of carbonyl (C=O) groups excluding carboxylic acids is 2. The van der Waals surface area contributed by atoms with E-state index < -0.39 is 11.6 Å². The van der Waals surface area contributed by atoms with Crippen molar-refractivity contribution in [2.45, 2.75) is 52.2 Å². The number of pyridine rings is 1. The van der Waals surface area contributed by atoms with E-state index in [1.54, 1.807) is 42.4 Å². The van der Waals surface area contributed by atoms with Crippen LogP contribution in [0.1, 0.15) is 44.4 Å². The molecule has 0 saturated carbocycles. The van der Waals surface area contributed by atoms with Gasteiger partial charge >= 0.3 is 0 Å². The molecule has 2 heterocycles. The quantitative estimate of drug-likeness (QED) is 0.369. The number of anilines is 1. The van der Waals surface area contributed by atoms with Gasteiger partial charge in [0.25, 0.3) is 0 Å². The van der Waals surface area contributed by atoms with Crippen LogP contribution in [0.15, 0.2) is 67.0 Å². The molecule has 4 rings (SSSR count). The van der Waals surface area contributed by atoms with Crippen LogP contribution in [0.4, 0.5) is 5.69 Å². The van der Waals surface area contributed by atoms with E-state index in [0.717, 1.165) is 11.1 Å². The third kappa shape index (κ3) is 5.61. The van der Waals surface area contributed by atoms with E-state index >= 15 is 0 Å². The van der Waals surface area contributed by atoms with E-state index in [2.05, 4.69) is 20.6 Å². The molecule has 0 radical (unpaired) electrons. The molecule has 0 fully saturated rings. The molecule has 4 aromatic rings. The Balaban J connectivity index is 1.87. The lowest BCUT2D eigenvalue weighted by Crippen LogP contribution is -2.51. The Morgan fingerprint density at radius 2 is 1.84 bits per heavy atom. The summed E-state index contributed by atoms with van der Waals surface area (Å²) in [7, 11) is 1.55. The number of ether oxygens (including phenoxy) is 1. The molecule has 0 aliphatic heterocycles. The van der Waals surface area contributed by atoms with Crippen molar-refractivity contribution in [3.63, 3.8) is 0 Å². The van der Waals surface area contributed by atoms with Crippen molar-refractivity contribution in [3.05, 3.63) is 78.1 Å². The SMILES string of the molecule is CCC(C)(C)NC(=O)[C@H](c1ccncc1)N(C(=O)Cn1nnc2ccccc21)c1cc(C)ccc1OC. The molecule has 2 amide bonds. The minimum atomic E-state index is -0.980. The smallest absolute Gasteiger partial charge is 0.249 e. The summed E-state index contributed by atoms with van der Waals surface area (Å²) in [5.41, 5.74) is 2.97. The number of fused-ring (bicyclic) bond motifs is 1. The molecular formula is C28H32N6O3. The lowest BCUT2D eigenvalue weighted by molar-refractivity contribution is -0.128. The summed E-state index contributed by atoms with van der Waals surface area (Å²) in [4.78, 5) is 33.7. The van der Waals surface area contributed by atoms with Crippen LogP contribution in [0.25, 0.3) is 11.0 Å². The minimum absolute atomic E-state index is 0.121. The van der Waals surface area contributed by atoms with Gasteiger partial charge in [0.05, 0.1) is 18.3 Å². The zero-order valence-electron chi connectivity index (χ0n) is 21.8. The Bertz CT molecular complexity index is 1400. The highest BCUT2D eigenvalue weighted by molar-refractivity contribution is 6.02. The van der Waals surface area contributed by atoms with Crippen molar-refractivity contribution in [3.8, 4) is 5.75 Å². The topological polar surface area (TPSA) is 102 Å². The highest BCUT2D eigenvalue weighted by Crippen LogP contribution is 2.36. The molecule has 0 unspecified atom stereocenters. The average molecular weight is 501 g/mol. The van der Waals surface area contributed by atoms with Gasteiger partial charge in [-0.3, -0.25) is 19.5 Å². The predicted molar refractivity (Wildman–Crippen MR) is 142 cm³/mol. The number of nitrogens with one attached hydrogen (secondary N) is 1. The van der Waals surface area contributed by atoms with Crippen LogP contribution in [0.3, 0.4) is 0 Å². The Kier molecular flexibility index (Phi) is 7.52. The van der Waals surface area contributed by atoms with Crippen LogP contribution in [-0.4, -0.2) is 44.4 Å². The van der Waals surface area contributed by atoms with E-state index in [1.807, 2.05) is 64.1 Å². The highest BCUT2D eigenvalue weighted by atomic mass is 16.5. The second-order valence-corrected chi connectivity index (χ2v) is 9.58.